The number of nitrogens with one attached hydrogen (secondary N) is 1. The monoisotopic (exact) mass is 477 g/mol. The molecule has 0 bridgehead atoms. The van der Waals surface area contributed by atoms with Gasteiger partial charge >= 0.3 is 13.3 Å². The lowest BCUT2D eigenvalue weighted by molar-refractivity contribution is -0.169. The maximum atomic E-state index is 12.7. The number of nitrogens with zero attached hydrogens (tertiary/aromatic N) is 2. The molecule has 3 N–H and O–H groups in total. The molecule has 0 spiro atoms. The van der Waals surface area contributed by atoms with E-state index in [1.165, 1.54) is 23.6 Å². The summed E-state index contributed by atoms with van der Waals surface area (Å²) in [6, 6.07) is 0. The Bertz CT molecular complexity index is 978. The van der Waals surface area contributed by atoms with Crippen LogP contribution in [0.15, 0.2) is 20.9 Å². The van der Waals surface area contributed by atoms with Gasteiger partial charge in [0.15, 0.2) is 18.7 Å². The summed E-state index contributed by atoms with van der Waals surface area (Å²) in [5.41, 5.74) is -0.776. The van der Waals surface area contributed by atoms with Gasteiger partial charge in [-0.2, -0.15) is 0 Å². The highest BCUT2D eigenvalue weighted by molar-refractivity contribution is 7.52. The number of oxime groups is 1. The summed E-state index contributed by atoms with van der Waals surface area (Å²) in [5.74, 6) is -0.542. The molecule has 1 aromatic rings. The van der Waals surface area contributed by atoms with Crippen LogP contribution >= 0.6 is 7.60 Å². The number of hydrogen-bond acceptors (Lipinski definition) is 11. The van der Waals surface area contributed by atoms with Crippen LogP contribution in [-0.4, -0.2) is 70.6 Å². The first-order chi connectivity index (χ1) is 15.1. The number of rotatable bonds is 9. The molecule has 0 amide bonds. The topological polar surface area (TPSA) is 171 Å². The minimum absolute atomic E-state index is 0.133. The van der Waals surface area contributed by atoms with Crippen molar-refractivity contribution in [2.45, 2.75) is 57.7 Å². The Morgan fingerprint density at radius 3 is 2.66 bits per heavy atom. The van der Waals surface area contributed by atoms with Crippen LogP contribution in [0.25, 0.3) is 0 Å². The van der Waals surface area contributed by atoms with Crippen LogP contribution in [0.1, 0.15) is 31.6 Å². The standard InChI is InChI=1S/C18H28N3O10P/c1-4-19-31-12-6-14(21-7-10(2)16(23)20-18(21)25)29-13(12)9-28-32(3,26)27-8-11-5-15(22)30-17(11)24/h4,7,11-15,17,22,24H,5-6,8-9H2,1-3H3,(H,20,23,25)/t11-,12+,13+,14+,15+,17-,32?/m0/s1. The number of aliphatic hydroxyl groups is 2. The number of H-pyrrole nitrogens is 1. The summed E-state index contributed by atoms with van der Waals surface area (Å²) in [6.45, 7) is 4.19. The molecular formula is C18H28N3O10P. The van der Waals surface area contributed by atoms with Gasteiger partial charge in [-0.05, 0) is 13.8 Å². The largest absolute Gasteiger partial charge is 0.390 e. The van der Waals surface area contributed by atoms with E-state index >= 15 is 0 Å². The Labute approximate surface area is 183 Å². The normalized spacial score (nSPS) is 32.4. The SMILES string of the molecule is CC=NO[C@@H]1C[C@H](n2cc(C)c(=O)[nH]c2=O)O[C@@H]1COP(C)(=O)OC[C@@H]1C[C@H](O)O[C@@H]1O. The lowest BCUT2D eigenvalue weighted by Gasteiger charge is -2.21. The molecule has 2 aliphatic rings. The van der Waals surface area contributed by atoms with E-state index in [-0.39, 0.29) is 26.1 Å². The first-order valence-electron chi connectivity index (χ1n) is 10.1. The van der Waals surface area contributed by atoms with Gasteiger partial charge in [0.25, 0.3) is 5.56 Å². The fourth-order valence-corrected chi connectivity index (χ4v) is 4.36. The molecule has 0 aliphatic carbocycles. The summed E-state index contributed by atoms with van der Waals surface area (Å²) >= 11 is 0. The average Bonchev–Trinajstić information content (AvgIpc) is 3.28. The van der Waals surface area contributed by atoms with E-state index in [1.807, 2.05) is 0 Å². The summed E-state index contributed by atoms with van der Waals surface area (Å²) < 4.78 is 35.4. The lowest BCUT2D eigenvalue weighted by Crippen LogP contribution is -2.33. The van der Waals surface area contributed by atoms with Gasteiger partial charge in [-0.15, -0.1) is 0 Å². The predicted molar refractivity (Wildman–Crippen MR) is 110 cm³/mol. The van der Waals surface area contributed by atoms with Crippen LogP contribution in [0.2, 0.25) is 0 Å². The molecular weight excluding hydrogens is 449 g/mol. The van der Waals surface area contributed by atoms with Gasteiger partial charge < -0.3 is 33.6 Å². The zero-order valence-electron chi connectivity index (χ0n) is 17.9. The van der Waals surface area contributed by atoms with Crippen molar-refractivity contribution in [2.24, 2.45) is 11.1 Å². The predicted octanol–water partition coefficient (Wildman–Crippen LogP) is 0.0528. The maximum Gasteiger partial charge on any atom is 0.330 e. The Morgan fingerprint density at radius 1 is 1.28 bits per heavy atom. The minimum Gasteiger partial charge on any atom is -0.390 e. The third-order valence-corrected chi connectivity index (χ3v) is 6.38. The fraction of sp³-hybridized carbons (Fsp3) is 0.722. The van der Waals surface area contributed by atoms with Gasteiger partial charge in [0.2, 0.25) is 0 Å². The van der Waals surface area contributed by atoms with E-state index in [0.717, 1.165) is 0 Å². The van der Waals surface area contributed by atoms with Crippen molar-refractivity contribution in [1.29, 1.82) is 0 Å². The molecule has 0 aromatic carbocycles. The molecule has 1 aromatic heterocycles. The Morgan fingerprint density at radius 2 is 2.00 bits per heavy atom. The van der Waals surface area contributed by atoms with E-state index in [2.05, 4.69) is 10.1 Å². The van der Waals surface area contributed by atoms with Gasteiger partial charge in [-0.3, -0.25) is 18.9 Å². The van der Waals surface area contributed by atoms with Crippen molar-refractivity contribution in [1.82, 2.24) is 9.55 Å². The summed E-state index contributed by atoms with van der Waals surface area (Å²) in [6.07, 6.45) is -1.21. The van der Waals surface area contributed by atoms with E-state index in [1.54, 1.807) is 13.8 Å². The van der Waals surface area contributed by atoms with Crippen LogP contribution in [0.4, 0.5) is 0 Å². The quantitative estimate of drug-likeness (QED) is 0.251. The van der Waals surface area contributed by atoms with Crippen molar-refractivity contribution in [2.75, 3.05) is 19.9 Å². The van der Waals surface area contributed by atoms with Crippen LogP contribution in [0.5, 0.6) is 0 Å². The smallest absolute Gasteiger partial charge is 0.330 e. The third-order valence-electron chi connectivity index (χ3n) is 5.14. The Kier molecular flexibility index (Phi) is 8.04. The van der Waals surface area contributed by atoms with Gasteiger partial charge in [0.1, 0.15) is 12.3 Å². The molecule has 7 atom stereocenters. The molecule has 0 saturated carbocycles. The number of hydrogen-bond donors (Lipinski definition) is 3. The Hall–Kier alpha value is -1.86. The molecule has 3 heterocycles. The number of aromatic amines is 1. The fourth-order valence-electron chi connectivity index (χ4n) is 3.40. The highest BCUT2D eigenvalue weighted by atomic mass is 31.2. The molecule has 2 fully saturated rings. The van der Waals surface area contributed by atoms with Crippen molar-refractivity contribution in [3.05, 3.63) is 32.6 Å². The van der Waals surface area contributed by atoms with Gasteiger partial charge in [-0.25, -0.2) is 4.79 Å². The maximum absolute atomic E-state index is 12.7. The zero-order valence-corrected chi connectivity index (χ0v) is 18.8. The summed E-state index contributed by atoms with van der Waals surface area (Å²) in [7, 11) is -3.55. The molecule has 13 nitrogen and oxygen atoms in total. The molecule has 2 saturated heterocycles. The van der Waals surface area contributed by atoms with Crippen LogP contribution in [-0.2, 0) is 27.9 Å². The second-order valence-electron chi connectivity index (χ2n) is 7.69. The molecule has 14 heteroatoms. The number of ether oxygens (including phenoxy) is 2. The first-order valence-corrected chi connectivity index (χ1v) is 12.1. The molecule has 1 unspecified atom stereocenters. The minimum atomic E-state index is -3.55. The van der Waals surface area contributed by atoms with Gasteiger partial charge in [0.05, 0.1) is 13.2 Å². The third kappa shape index (κ3) is 6.13. The molecule has 3 rings (SSSR count). The second-order valence-corrected chi connectivity index (χ2v) is 9.75. The molecule has 2 aliphatic heterocycles. The van der Waals surface area contributed by atoms with Gasteiger partial charge in [-0.1, -0.05) is 5.16 Å². The molecule has 32 heavy (non-hydrogen) atoms. The van der Waals surface area contributed by atoms with E-state index in [9.17, 15) is 24.4 Å². The average molecular weight is 477 g/mol. The van der Waals surface area contributed by atoms with Crippen LogP contribution in [0.3, 0.4) is 0 Å². The Balaban J connectivity index is 1.63. The van der Waals surface area contributed by atoms with Crippen LogP contribution < -0.4 is 11.2 Å². The molecule has 0 radical (unpaired) electrons. The number of aliphatic hydroxyl groups excluding tert-OH is 2. The highest BCUT2D eigenvalue weighted by Crippen LogP contribution is 2.46. The van der Waals surface area contributed by atoms with Crippen molar-refractivity contribution in [3.8, 4) is 0 Å². The molecule has 180 valence electrons. The van der Waals surface area contributed by atoms with Gasteiger partial charge in [0, 0.05) is 43.4 Å². The van der Waals surface area contributed by atoms with E-state index in [0.29, 0.717) is 5.56 Å². The summed E-state index contributed by atoms with van der Waals surface area (Å²) in [4.78, 5) is 31.5. The second kappa shape index (κ2) is 10.4. The number of aromatic nitrogens is 2. The lowest BCUT2D eigenvalue weighted by atomic mass is 10.1. The van der Waals surface area contributed by atoms with Crippen LogP contribution in [0, 0.1) is 12.8 Å². The van der Waals surface area contributed by atoms with E-state index < -0.39 is 55.8 Å². The van der Waals surface area contributed by atoms with Crippen molar-refractivity contribution in [3.63, 3.8) is 0 Å². The van der Waals surface area contributed by atoms with Crippen molar-refractivity contribution < 1.29 is 38.1 Å². The summed E-state index contributed by atoms with van der Waals surface area (Å²) in [5, 5.41) is 22.8. The zero-order chi connectivity index (χ0) is 23.5. The number of aryl methyl sites for hydroxylation is 1. The highest BCUT2D eigenvalue weighted by Gasteiger charge is 2.40. The van der Waals surface area contributed by atoms with E-state index in [4.69, 9.17) is 23.4 Å². The first kappa shape index (κ1) is 24.8. The van der Waals surface area contributed by atoms with Crippen molar-refractivity contribution >= 4 is 13.8 Å².